The van der Waals surface area contributed by atoms with E-state index in [2.05, 4.69) is 61.5 Å². The van der Waals surface area contributed by atoms with Gasteiger partial charge in [-0.05, 0) is 37.9 Å². The summed E-state index contributed by atoms with van der Waals surface area (Å²) in [5, 5.41) is 2.36. The zero-order chi connectivity index (χ0) is 17.2. The highest BCUT2D eigenvalue weighted by molar-refractivity contribution is 8.11. The van der Waals surface area contributed by atoms with Crippen molar-refractivity contribution >= 4 is 33.7 Å². The molecule has 4 rings (SSSR count). The first-order chi connectivity index (χ1) is 12.2. The molecule has 3 nitrogen and oxygen atoms in total. The number of para-hydroxylation sites is 1. The summed E-state index contributed by atoms with van der Waals surface area (Å²) < 4.78 is 11.9. The summed E-state index contributed by atoms with van der Waals surface area (Å²) in [5.41, 5.74) is 3.09. The van der Waals surface area contributed by atoms with Crippen molar-refractivity contribution < 1.29 is 9.15 Å². The number of furan rings is 1. The Morgan fingerprint density at radius 3 is 2.88 bits per heavy atom. The molecule has 0 bridgehead atoms. The van der Waals surface area contributed by atoms with Gasteiger partial charge in [-0.25, -0.2) is 0 Å². The van der Waals surface area contributed by atoms with Crippen LogP contribution in [-0.4, -0.2) is 38.8 Å². The Balaban J connectivity index is 1.70. The molecule has 25 heavy (non-hydrogen) atoms. The number of fused-ring (bicyclic) bond motifs is 4. The highest BCUT2D eigenvalue weighted by atomic mass is 32.2. The van der Waals surface area contributed by atoms with Crippen molar-refractivity contribution in [2.45, 2.75) is 0 Å². The molecule has 1 aromatic carbocycles. The first kappa shape index (κ1) is 16.5. The van der Waals surface area contributed by atoms with Gasteiger partial charge in [-0.1, -0.05) is 48.2 Å². The van der Waals surface area contributed by atoms with Gasteiger partial charge in [-0.15, -0.1) is 0 Å². The Bertz CT molecular complexity index is 1010. The van der Waals surface area contributed by atoms with Gasteiger partial charge in [0.1, 0.15) is 11.0 Å². The Morgan fingerprint density at radius 2 is 2.00 bits per heavy atom. The lowest BCUT2D eigenvalue weighted by Crippen LogP contribution is -2.22. The number of nitrogens with zero attached hydrogens (tertiary/aromatic N) is 1. The lowest BCUT2D eigenvalue weighted by atomic mass is 10.1. The van der Waals surface area contributed by atoms with Gasteiger partial charge in [-0.3, -0.25) is 0 Å². The van der Waals surface area contributed by atoms with Crippen LogP contribution in [0.3, 0.4) is 0 Å². The summed E-state index contributed by atoms with van der Waals surface area (Å²) in [6.45, 7) is 2.32. The van der Waals surface area contributed by atoms with E-state index in [0.717, 1.165) is 24.2 Å². The summed E-state index contributed by atoms with van der Waals surface area (Å²) in [7, 11) is 4.12. The zero-order valence-corrected chi connectivity index (χ0v) is 15.3. The number of benzene rings is 1. The van der Waals surface area contributed by atoms with Gasteiger partial charge in [0.2, 0.25) is 0 Å². The standard InChI is InChI=1S/C21H21NO2S/c1-22(2)12-13-23-14-16-11-10-15-6-5-9-19-20(21(15)25-16)17-7-3-4-8-18(17)24-19/h3-11H,12-14H2,1-2H3. The van der Waals surface area contributed by atoms with Crippen molar-refractivity contribution in [3.8, 4) is 0 Å². The van der Waals surface area contributed by atoms with E-state index in [9.17, 15) is 0 Å². The average molecular weight is 351 g/mol. The predicted octanol–water partition coefficient (Wildman–Crippen LogP) is 3.03. The summed E-state index contributed by atoms with van der Waals surface area (Å²) in [5.74, 6) is 0. The van der Waals surface area contributed by atoms with E-state index < -0.39 is 0 Å². The van der Waals surface area contributed by atoms with E-state index in [-0.39, 0.29) is 0 Å². The van der Waals surface area contributed by atoms with Gasteiger partial charge < -0.3 is 14.1 Å². The Morgan fingerprint density at radius 1 is 1.12 bits per heavy atom. The number of allylic oxidation sites excluding steroid dienone is 4. The molecule has 2 aliphatic rings. The van der Waals surface area contributed by atoms with Gasteiger partial charge in [0.25, 0.3) is 0 Å². The fraction of sp³-hybridized carbons (Fsp3) is 0.238. The highest BCUT2D eigenvalue weighted by Gasteiger charge is 2.17. The molecular formula is C21H21NO2S. The Labute approximate surface area is 151 Å². The molecule has 1 aliphatic heterocycles. The van der Waals surface area contributed by atoms with E-state index in [1.54, 1.807) is 11.8 Å². The highest BCUT2D eigenvalue weighted by Crippen LogP contribution is 2.37. The Kier molecular flexibility index (Phi) is 4.66. The molecule has 4 heteroatoms. The van der Waals surface area contributed by atoms with Crippen molar-refractivity contribution in [2.75, 3.05) is 33.9 Å². The topological polar surface area (TPSA) is 25.6 Å². The van der Waals surface area contributed by atoms with Gasteiger partial charge in [0.15, 0.2) is 0 Å². The number of hydrogen-bond acceptors (Lipinski definition) is 4. The van der Waals surface area contributed by atoms with Crippen LogP contribution in [0.25, 0.3) is 22.0 Å². The normalized spacial score (nSPS) is 16.2. The molecule has 1 aliphatic carbocycles. The largest absolute Gasteiger partial charge is 0.456 e. The minimum Gasteiger partial charge on any atom is -0.456 e. The van der Waals surface area contributed by atoms with Crippen LogP contribution in [0.2, 0.25) is 0 Å². The quantitative estimate of drug-likeness (QED) is 0.774. The van der Waals surface area contributed by atoms with Gasteiger partial charge in [-0.2, -0.15) is 0 Å². The molecule has 1 aromatic heterocycles. The van der Waals surface area contributed by atoms with Crippen molar-refractivity contribution in [1.82, 2.24) is 4.90 Å². The number of ether oxygens (including phenoxy) is 1. The van der Waals surface area contributed by atoms with Gasteiger partial charge in [0, 0.05) is 27.0 Å². The molecule has 0 saturated carbocycles. The monoisotopic (exact) mass is 351 g/mol. The van der Waals surface area contributed by atoms with E-state index >= 15 is 0 Å². The number of thioether (sulfide) groups is 1. The number of hydrogen-bond donors (Lipinski definition) is 0. The third-order valence-corrected chi connectivity index (χ3v) is 5.40. The molecule has 0 unspecified atom stereocenters. The van der Waals surface area contributed by atoms with Crippen LogP contribution in [0, 0.1) is 0 Å². The van der Waals surface area contributed by atoms with E-state index in [1.165, 1.54) is 26.0 Å². The van der Waals surface area contributed by atoms with E-state index in [4.69, 9.17) is 9.15 Å². The van der Waals surface area contributed by atoms with Crippen LogP contribution in [0.15, 0.2) is 63.5 Å². The third-order valence-electron chi connectivity index (χ3n) is 4.24. The number of rotatable bonds is 5. The van der Waals surface area contributed by atoms with Crippen LogP contribution in [-0.2, 0) is 4.74 Å². The summed E-state index contributed by atoms with van der Waals surface area (Å²) in [6, 6.07) is 8.24. The second kappa shape index (κ2) is 7.08. The molecule has 0 amide bonds. The van der Waals surface area contributed by atoms with E-state index in [0.29, 0.717) is 6.61 Å². The van der Waals surface area contributed by atoms with E-state index in [1.807, 2.05) is 12.1 Å². The van der Waals surface area contributed by atoms with Gasteiger partial charge in [0.05, 0.1) is 13.2 Å². The predicted molar refractivity (Wildman–Crippen MR) is 106 cm³/mol. The SMILES string of the molecule is CN(C)CCOCC1=CC=C2C=CC=c3oc4ccccc4c3=C2S1. The van der Waals surface area contributed by atoms with Crippen molar-refractivity contribution in [3.63, 3.8) is 0 Å². The number of likely N-dealkylation sites (N-methyl/N-ethyl adjacent to an activating group) is 1. The molecule has 2 aromatic rings. The lowest BCUT2D eigenvalue weighted by Gasteiger charge is -2.16. The smallest absolute Gasteiger partial charge is 0.136 e. The minimum absolute atomic E-state index is 0.643. The minimum atomic E-state index is 0.643. The maximum Gasteiger partial charge on any atom is 0.136 e. The second-order valence-corrected chi connectivity index (χ2v) is 7.54. The van der Waals surface area contributed by atoms with Gasteiger partial charge >= 0.3 is 0 Å². The average Bonchev–Trinajstić information content (AvgIpc) is 2.88. The summed E-state index contributed by atoms with van der Waals surface area (Å²) in [4.78, 5) is 4.60. The summed E-state index contributed by atoms with van der Waals surface area (Å²) >= 11 is 1.79. The molecule has 0 radical (unpaired) electrons. The van der Waals surface area contributed by atoms with Crippen LogP contribution < -0.4 is 10.6 Å². The molecule has 0 fully saturated rings. The van der Waals surface area contributed by atoms with Crippen molar-refractivity contribution in [1.29, 1.82) is 0 Å². The fourth-order valence-corrected chi connectivity index (χ4v) is 4.07. The molecule has 2 heterocycles. The second-order valence-electron chi connectivity index (χ2n) is 6.41. The molecule has 0 saturated heterocycles. The molecule has 0 atom stereocenters. The van der Waals surface area contributed by atoms with Crippen LogP contribution in [0.5, 0.6) is 0 Å². The zero-order valence-electron chi connectivity index (χ0n) is 14.5. The fourth-order valence-electron chi connectivity index (χ4n) is 2.96. The van der Waals surface area contributed by atoms with Crippen LogP contribution in [0.4, 0.5) is 0 Å². The lowest BCUT2D eigenvalue weighted by molar-refractivity contribution is 0.140. The van der Waals surface area contributed by atoms with Crippen LogP contribution in [0.1, 0.15) is 0 Å². The van der Waals surface area contributed by atoms with Crippen molar-refractivity contribution in [2.24, 2.45) is 0 Å². The first-order valence-corrected chi connectivity index (χ1v) is 9.26. The van der Waals surface area contributed by atoms with Crippen molar-refractivity contribution in [3.05, 3.63) is 69.7 Å². The third kappa shape index (κ3) is 3.38. The molecule has 0 N–H and O–H groups in total. The van der Waals surface area contributed by atoms with Crippen LogP contribution >= 0.6 is 11.8 Å². The molecule has 0 spiro atoms. The summed E-state index contributed by atoms with van der Waals surface area (Å²) in [6.07, 6.45) is 10.6. The molecular weight excluding hydrogens is 330 g/mol. The maximum atomic E-state index is 6.06. The Hall–Kier alpha value is -2.01. The maximum absolute atomic E-state index is 6.06. The molecule has 128 valence electrons. The first-order valence-electron chi connectivity index (χ1n) is 8.44.